The van der Waals surface area contributed by atoms with E-state index in [9.17, 15) is 27.5 Å². The number of ether oxygens (including phenoxy) is 1. The van der Waals surface area contributed by atoms with Crippen molar-refractivity contribution >= 4 is 22.4 Å². The highest BCUT2D eigenvalue weighted by Crippen LogP contribution is 2.42. The van der Waals surface area contributed by atoms with E-state index in [1.165, 1.54) is 23.5 Å². The first kappa shape index (κ1) is 23.9. The standard InChI is InChI=1S/C23H21F4N3O3S/c1-33-20(32)11-22(19-7-6-16(31)12-28-19,13-8-14(23(25,26)27)10-15(24)9-13)30-21-29-17-4-2-3-5-18(17)34-21/h6-10,12,31H,2-5,11H2,1H3,(H,29,30)/t22-/m1/s1. The van der Waals surface area contributed by atoms with E-state index in [1.54, 1.807) is 0 Å². The number of aromatic nitrogens is 2. The summed E-state index contributed by atoms with van der Waals surface area (Å²) in [5.74, 6) is -2.07. The number of rotatable bonds is 6. The van der Waals surface area contributed by atoms with E-state index in [4.69, 9.17) is 4.74 Å². The molecule has 1 aliphatic carbocycles. The normalized spacial score (nSPS) is 15.3. The molecule has 0 bridgehead atoms. The summed E-state index contributed by atoms with van der Waals surface area (Å²) in [6.07, 6.45) is -0.660. The number of nitrogens with zero attached hydrogens (tertiary/aromatic N) is 2. The predicted octanol–water partition coefficient (Wildman–Crippen LogP) is 5.20. The van der Waals surface area contributed by atoms with E-state index in [0.717, 1.165) is 61.7 Å². The van der Waals surface area contributed by atoms with Crippen LogP contribution in [-0.2, 0) is 34.1 Å². The Morgan fingerprint density at radius 3 is 2.56 bits per heavy atom. The Labute approximate surface area is 196 Å². The molecule has 6 nitrogen and oxygen atoms in total. The van der Waals surface area contributed by atoms with Gasteiger partial charge in [-0.25, -0.2) is 9.37 Å². The largest absolute Gasteiger partial charge is 0.506 e. The maximum absolute atomic E-state index is 14.5. The number of aromatic hydroxyl groups is 1. The van der Waals surface area contributed by atoms with Crippen molar-refractivity contribution in [2.24, 2.45) is 0 Å². The van der Waals surface area contributed by atoms with Crippen LogP contribution < -0.4 is 5.32 Å². The Balaban J connectivity index is 1.94. The van der Waals surface area contributed by atoms with E-state index in [2.05, 4.69) is 15.3 Å². The van der Waals surface area contributed by atoms with Gasteiger partial charge in [0.15, 0.2) is 5.13 Å². The lowest BCUT2D eigenvalue weighted by atomic mass is 9.82. The number of halogens is 4. The number of alkyl halides is 3. The van der Waals surface area contributed by atoms with Crippen LogP contribution >= 0.6 is 11.3 Å². The Morgan fingerprint density at radius 1 is 1.18 bits per heavy atom. The number of pyridine rings is 1. The quantitative estimate of drug-likeness (QED) is 0.361. The Kier molecular flexibility index (Phi) is 6.48. The Morgan fingerprint density at radius 2 is 1.91 bits per heavy atom. The van der Waals surface area contributed by atoms with Crippen LogP contribution in [-0.4, -0.2) is 28.2 Å². The summed E-state index contributed by atoms with van der Waals surface area (Å²) in [7, 11) is 1.15. The Bertz CT molecular complexity index is 1170. The number of carbonyl (C=O) groups excluding carboxylic acids is 1. The second kappa shape index (κ2) is 9.21. The zero-order chi connectivity index (χ0) is 24.5. The van der Waals surface area contributed by atoms with Crippen LogP contribution in [0.4, 0.5) is 22.7 Å². The van der Waals surface area contributed by atoms with Gasteiger partial charge in [-0.3, -0.25) is 9.78 Å². The van der Waals surface area contributed by atoms with Gasteiger partial charge in [0.1, 0.15) is 17.1 Å². The number of benzene rings is 1. The van der Waals surface area contributed by atoms with Gasteiger partial charge in [0.2, 0.25) is 0 Å². The molecule has 1 atom stereocenters. The smallest absolute Gasteiger partial charge is 0.416 e. The second-order valence-corrected chi connectivity index (χ2v) is 9.09. The minimum atomic E-state index is -4.82. The van der Waals surface area contributed by atoms with Crippen molar-refractivity contribution in [1.29, 1.82) is 0 Å². The summed E-state index contributed by atoms with van der Waals surface area (Å²) >= 11 is 1.34. The molecule has 0 fully saturated rings. The summed E-state index contributed by atoms with van der Waals surface area (Å²) < 4.78 is 60.0. The van der Waals surface area contributed by atoms with Crippen molar-refractivity contribution in [3.8, 4) is 5.75 Å². The van der Waals surface area contributed by atoms with Gasteiger partial charge in [-0.05, 0) is 61.6 Å². The first-order valence-corrected chi connectivity index (χ1v) is 11.3. The molecule has 180 valence electrons. The highest BCUT2D eigenvalue weighted by atomic mass is 32.1. The number of anilines is 1. The van der Waals surface area contributed by atoms with E-state index in [1.807, 2.05) is 0 Å². The number of carbonyl (C=O) groups is 1. The molecule has 11 heteroatoms. The summed E-state index contributed by atoms with van der Waals surface area (Å²) in [6, 6.07) is 4.73. The molecular formula is C23H21F4N3O3S. The van der Waals surface area contributed by atoms with E-state index >= 15 is 0 Å². The SMILES string of the molecule is COC(=O)C[C@@](Nc1nc2c(s1)CCCC2)(c1cc(F)cc(C(F)(F)F)c1)c1ccc(O)cn1. The van der Waals surface area contributed by atoms with Gasteiger partial charge < -0.3 is 15.2 Å². The lowest BCUT2D eigenvalue weighted by Gasteiger charge is -2.34. The minimum Gasteiger partial charge on any atom is -0.506 e. The molecule has 2 heterocycles. The van der Waals surface area contributed by atoms with Crippen molar-refractivity contribution in [3.05, 3.63) is 69.7 Å². The first-order valence-electron chi connectivity index (χ1n) is 10.5. The van der Waals surface area contributed by atoms with Crippen LogP contribution in [0.5, 0.6) is 5.75 Å². The van der Waals surface area contributed by atoms with Gasteiger partial charge >= 0.3 is 12.1 Å². The molecule has 1 aromatic carbocycles. The number of fused-ring (bicyclic) bond motifs is 1. The molecule has 2 N–H and O–H groups in total. The van der Waals surface area contributed by atoms with Gasteiger partial charge in [0, 0.05) is 4.88 Å². The average molecular weight is 495 g/mol. The maximum atomic E-state index is 14.5. The van der Waals surface area contributed by atoms with Crippen LogP contribution in [0, 0.1) is 5.82 Å². The highest BCUT2D eigenvalue weighted by Gasteiger charge is 2.42. The molecule has 0 unspecified atom stereocenters. The number of hydrogen-bond donors (Lipinski definition) is 2. The average Bonchev–Trinajstić information content (AvgIpc) is 3.20. The molecule has 4 rings (SSSR count). The van der Waals surface area contributed by atoms with Crippen molar-refractivity contribution in [2.45, 2.75) is 43.8 Å². The summed E-state index contributed by atoms with van der Waals surface area (Å²) in [4.78, 5) is 22.3. The molecule has 0 amide bonds. The number of esters is 1. The van der Waals surface area contributed by atoms with Crippen molar-refractivity contribution in [1.82, 2.24) is 9.97 Å². The molecule has 0 radical (unpaired) electrons. The van der Waals surface area contributed by atoms with Crippen LogP contribution in [0.3, 0.4) is 0 Å². The van der Waals surface area contributed by atoms with Crippen molar-refractivity contribution in [2.75, 3.05) is 12.4 Å². The second-order valence-electron chi connectivity index (χ2n) is 8.01. The number of aryl methyl sites for hydroxylation is 2. The molecular weight excluding hydrogens is 474 g/mol. The topological polar surface area (TPSA) is 84.3 Å². The first-order chi connectivity index (χ1) is 16.1. The number of nitrogens with one attached hydrogen (secondary N) is 1. The van der Waals surface area contributed by atoms with Crippen LogP contribution in [0.25, 0.3) is 0 Å². The van der Waals surface area contributed by atoms with Crippen LogP contribution in [0.15, 0.2) is 36.5 Å². The van der Waals surface area contributed by atoms with Crippen LogP contribution in [0.1, 0.15) is 46.7 Å². The Hall–Kier alpha value is -3.21. The van der Waals surface area contributed by atoms with Gasteiger partial charge in [-0.15, -0.1) is 11.3 Å². The fourth-order valence-corrected chi connectivity index (χ4v) is 5.16. The molecule has 3 aromatic rings. The molecule has 0 aliphatic heterocycles. The molecule has 2 aromatic heterocycles. The zero-order valence-electron chi connectivity index (χ0n) is 18.1. The summed E-state index contributed by atoms with van der Waals surface area (Å²) in [5, 5.41) is 13.2. The fourth-order valence-electron chi connectivity index (χ4n) is 4.04. The lowest BCUT2D eigenvalue weighted by molar-refractivity contribution is -0.141. The monoisotopic (exact) mass is 495 g/mol. The fraction of sp³-hybridized carbons (Fsp3) is 0.348. The minimum absolute atomic E-state index is 0.0857. The lowest BCUT2D eigenvalue weighted by Crippen LogP contribution is -2.40. The van der Waals surface area contributed by atoms with Gasteiger partial charge in [0.05, 0.1) is 36.7 Å². The van der Waals surface area contributed by atoms with Gasteiger partial charge in [-0.1, -0.05) is 0 Å². The maximum Gasteiger partial charge on any atom is 0.416 e. The number of hydrogen-bond acceptors (Lipinski definition) is 7. The third kappa shape index (κ3) is 4.84. The van der Waals surface area contributed by atoms with Crippen molar-refractivity contribution < 1.29 is 32.2 Å². The third-order valence-corrected chi connectivity index (χ3v) is 6.78. The van der Waals surface area contributed by atoms with E-state index in [0.29, 0.717) is 11.2 Å². The number of thiazole rings is 1. The summed E-state index contributed by atoms with van der Waals surface area (Å²) in [5.41, 5.74) is -2.18. The molecule has 0 saturated heterocycles. The third-order valence-electron chi connectivity index (χ3n) is 5.71. The molecule has 34 heavy (non-hydrogen) atoms. The van der Waals surface area contributed by atoms with E-state index < -0.39 is 35.5 Å². The molecule has 0 spiro atoms. The molecule has 0 saturated carbocycles. The van der Waals surface area contributed by atoms with E-state index in [-0.39, 0.29) is 17.0 Å². The van der Waals surface area contributed by atoms with Crippen molar-refractivity contribution in [3.63, 3.8) is 0 Å². The molecule has 1 aliphatic rings. The predicted molar refractivity (Wildman–Crippen MR) is 117 cm³/mol. The zero-order valence-corrected chi connectivity index (χ0v) is 18.9. The summed E-state index contributed by atoms with van der Waals surface area (Å²) in [6.45, 7) is 0. The van der Waals surface area contributed by atoms with Gasteiger partial charge in [-0.2, -0.15) is 13.2 Å². The van der Waals surface area contributed by atoms with Crippen LogP contribution in [0.2, 0.25) is 0 Å². The number of methoxy groups -OCH3 is 1. The van der Waals surface area contributed by atoms with Gasteiger partial charge in [0.25, 0.3) is 0 Å². The highest BCUT2D eigenvalue weighted by molar-refractivity contribution is 7.15.